The Morgan fingerprint density at radius 1 is 1.24 bits per heavy atom. The summed E-state index contributed by atoms with van der Waals surface area (Å²) in [4.78, 5) is 11.5. The summed E-state index contributed by atoms with van der Waals surface area (Å²) in [6.07, 6.45) is 9.73. The van der Waals surface area contributed by atoms with Gasteiger partial charge in [0.2, 0.25) is 0 Å². The summed E-state index contributed by atoms with van der Waals surface area (Å²) < 4.78 is 1.79. The highest BCUT2D eigenvalue weighted by Gasteiger charge is 2.02. The Bertz CT molecular complexity index is 597. The molecule has 0 fully saturated rings. The van der Waals surface area contributed by atoms with E-state index in [-0.39, 0.29) is 0 Å². The van der Waals surface area contributed by atoms with E-state index in [0.717, 1.165) is 30.1 Å². The number of fused-ring (bicyclic) bond motifs is 1. The highest BCUT2D eigenvalue weighted by atomic mass is 15.2. The summed E-state index contributed by atoms with van der Waals surface area (Å²) in [5, 5.41) is 7.44. The quantitative estimate of drug-likeness (QED) is 0.701. The third-order valence-electron chi connectivity index (χ3n) is 2.53. The van der Waals surface area contributed by atoms with Crippen LogP contribution in [0.4, 0.5) is 5.82 Å². The Balaban J connectivity index is 1.70. The number of aromatic amines is 1. The van der Waals surface area contributed by atoms with Gasteiger partial charge in [0, 0.05) is 37.8 Å². The largest absolute Gasteiger partial charge is 0.368 e. The zero-order valence-corrected chi connectivity index (χ0v) is 9.17. The fourth-order valence-corrected chi connectivity index (χ4v) is 1.73. The van der Waals surface area contributed by atoms with Crippen molar-refractivity contribution in [3.8, 4) is 0 Å². The molecule has 3 aromatic heterocycles. The van der Waals surface area contributed by atoms with Crippen LogP contribution in [0.25, 0.3) is 5.52 Å². The molecule has 6 nitrogen and oxygen atoms in total. The standard InChI is InChI=1S/C11H12N6/c1-4-16-17-8-7-15-11(9(1)17)14-3-2-10-12-5-6-13-10/h1,4-8H,2-3H2,(H,12,13)(H,14,15). The van der Waals surface area contributed by atoms with Gasteiger partial charge in [-0.2, -0.15) is 5.10 Å². The van der Waals surface area contributed by atoms with E-state index in [4.69, 9.17) is 0 Å². The molecule has 0 aliphatic rings. The molecule has 0 spiro atoms. The predicted molar refractivity (Wildman–Crippen MR) is 63.8 cm³/mol. The van der Waals surface area contributed by atoms with Crippen LogP contribution < -0.4 is 5.32 Å². The first kappa shape index (κ1) is 9.83. The van der Waals surface area contributed by atoms with Crippen molar-refractivity contribution in [1.29, 1.82) is 0 Å². The Morgan fingerprint density at radius 3 is 3.12 bits per heavy atom. The normalized spacial score (nSPS) is 10.8. The van der Waals surface area contributed by atoms with E-state index in [1.807, 2.05) is 18.5 Å². The number of aromatic nitrogens is 5. The molecule has 86 valence electrons. The molecule has 0 atom stereocenters. The first-order valence-corrected chi connectivity index (χ1v) is 5.44. The van der Waals surface area contributed by atoms with Gasteiger partial charge in [-0.25, -0.2) is 14.5 Å². The van der Waals surface area contributed by atoms with Crippen LogP contribution in [0.3, 0.4) is 0 Å². The van der Waals surface area contributed by atoms with E-state index >= 15 is 0 Å². The maximum Gasteiger partial charge on any atom is 0.152 e. The summed E-state index contributed by atoms with van der Waals surface area (Å²) in [7, 11) is 0. The molecule has 0 aromatic carbocycles. The number of nitrogens with zero attached hydrogens (tertiary/aromatic N) is 4. The molecule has 3 aromatic rings. The first-order chi connectivity index (χ1) is 8.43. The lowest BCUT2D eigenvalue weighted by Gasteiger charge is -2.05. The van der Waals surface area contributed by atoms with Gasteiger partial charge < -0.3 is 10.3 Å². The average molecular weight is 228 g/mol. The molecule has 0 aliphatic carbocycles. The van der Waals surface area contributed by atoms with Crippen molar-refractivity contribution >= 4 is 11.3 Å². The Labute approximate surface area is 97.7 Å². The van der Waals surface area contributed by atoms with Crippen LogP contribution in [0.5, 0.6) is 0 Å². The number of hydrogen-bond acceptors (Lipinski definition) is 4. The average Bonchev–Trinajstić information content (AvgIpc) is 2.99. The molecule has 3 rings (SSSR count). The van der Waals surface area contributed by atoms with Gasteiger partial charge in [-0.15, -0.1) is 0 Å². The lowest BCUT2D eigenvalue weighted by Crippen LogP contribution is -2.08. The summed E-state index contributed by atoms with van der Waals surface area (Å²) >= 11 is 0. The van der Waals surface area contributed by atoms with Crippen molar-refractivity contribution in [3.63, 3.8) is 0 Å². The topological polar surface area (TPSA) is 70.9 Å². The molecule has 6 heteroatoms. The van der Waals surface area contributed by atoms with E-state index in [0.29, 0.717) is 0 Å². The Kier molecular flexibility index (Phi) is 2.45. The van der Waals surface area contributed by atoms with E-state index in [9.17, 15) is 0 Å². The fourth-order valence-electron chi connectivity index (χ4n) is 1.73. The van der Waals surface area contributed by atoms with E-state index < -0.39 is 0 Å². The molecule has 0 amide bonds. The van der Waals surface area contributed by atoms with Gasteiger partial charge in [0.25, 0.3) is 0 Å². The molecule has 0 unspecified atom stereocenters. The van der Waals surface area contributed by atoms with Crippen LogP contribution in [0.2, 0.25) is 0 Å². The van der Waals surface area contributed by atoms with Crippen LogP contribution in [-0.4, -0.2) is 31.1 Å². The van der Waals surface area contributed by atoms with Crippen LogP contribution in [0, 0.1) is 0 Å². The van der Waals surface area contributed by atoms with Crippen molar-refractivity contribution in [2.75, 3.05) is 11.9 Å². The van der Waals surface area contributed by atoms with Crippen LogP contribution in [0.1, 0.15) is 5.82 Å². The van der Waals surface area contributed by atoms with E-state index in [1.165, 1.54) is 0 Å². The number of rotatable bonds is 4. The fraction of sp³-hybridized carbons (Fsp3) is 0.182. The summed E-state index contributed by atoms with van der Waals surface area (Å²) in [5.41, 5.74) is 0.979. The minimum atomic E-state index is 0.783. The molecular weight excluding hydrogens is 216 g/mol. The van der Waals surface area contributed by atoms with Crippen LogP contribution in [-0.2, 0) is 6.42 Å². The highest BCUT2D eigenvalue weighted by molar-refractivity contribution is 5.66. The number of imidazole rings is 1. The number of H-pyrrole nitrogens is 1. The number of anilines is 1. The second-order valence-corrected chi connectivity index (χ2v) is 3.65. The third kappa shape index (κ3) is 1.96. The Morgan fingerprint density at radius 2 is 2.24 bits per heavy atom. The maximum absolute atomic E-state index is 4.30. The summed E-state index contributed by atoms with van der Waals surface area (Å²) in [5.74, 6) is 1.81. The Hall–Kier alpha value is -2.37. The molecule has 0 saturated heterocycles. The van der Waals surface area contributed by atoms with Crippen molar-refractivity contribution in [2.24, 2.45) is 0 Å². The lowest BCUT2D eigenvalue weighted by atomic mass is 10.4. The molecule has 0 radical (unpaired) electrons. The minimum Gasteiger partial charge on any atom is -0.368 e. The van der Waals surface area contributed by atoms with Gasteiger partial charge in [-0.05, 0) is 6.07 Å². The van der Waals surface area contributed by atoms with Gasteiger partial charge in [-0.1, -0.05) is 0 Å². The molecular formula is C11H12N6. The first-order valence-electron chi connectivity index (χ1n) is 5.44. The van der Waals surface area contributed by atoms with Gasteiger partial charge in [-0.3, -0.25) is 0 Å². The molecule has 0 aliphatic heterocycles. The second kappa shape index (κ2) is 4.25. The summed E-state index contributed by atoms with van der Waals surface area (Å²) in [6.45, 7) is 0.783. The summed E-state index contributed by atoms with van der Waals surface area (Å²) in [6, 6.07) is 1.93. The monoisotopic (exact) mass is 228 g/mol. The SMILES string of the molecule is c1c[nH]c(CCNc2nccn3nccc23)n1. The number of nitrogens with one attached hydrogen (secondary N) is 2. The zero-order chi connectivity index (χ0) is 11.5. The highest BCUT2D eigenvalue weighted by Crippen LogP contribution is 2.11. The molecule has 17 heavy (non-hydrogen) atoms. The molecule has 0 saturated carbocycles. The van der Waals surface area contributed by atoms with E-state index in [1.54, 1.807) is 23.1 Å². The molecule has 3 heterocycles. The van der Waals surface area contributed by atoms with Crippen LogP contribution >= 0.6 is 0 Å². The minimum absolute atomic E-state index is 0.783. The van der Waals surface area contributed by atoms with Crippen molar-refractivity contribution < 1.29 is 0 Å². The number of hydrogen-bond donors (Lipinski definition) is 2. The van der Waals surface area contributed by atoms with Crippen molar-refractivity contribution in [3.05, 3.63) is 42.9 Å². The van der Waals surface area contributed by atoms with Gasteiger partial charge in [0.05, 0.1) is 6.20 Å². The molecule has 0 bridgehead atoms. The zero-order valence-electron chi connectivity index (χ0n) is 9.17. The van der Waals surface area contributed by atoms with E-state index in [2.05, 4.69) is 25.4 Å². The maximum atomic E-state index is 4.30. The van der Waals surface area contributed by atoms with Gasteiger partial charge in [0.1, 0.15) is 11.3 Å². The van der Waals surface area contributed by atoms with Gasteiger partial charge in [0.15, 0.2) is 5.82 Å². The smallest absolute Gasteiger partial charge is 0.152 e. The lowest BCUT2D eigenvalue weighted by molar-refractivity contribution is 0.910. The predicted octanol–water partition coefficient (Wildman–Crippen LogP) is 1.11. The van der Waals surface area contributed by atoms with Crippen LogP contribution in [0.15, 0.2) is 37.1 Å². The second-order valence-electron chi connectivity index (χ2n) is 3.65. The van der Waals surface area contributed by atoms with Gasteiger partial charge >= 0.3 is 0 Å². The van der Waals surface area contributed by atoms with Crippen molar-refractivity contribution in [2.45, 2.75) is 6.42 Å². The molecule has 2 N–H and O–H groups in total. The third-order valence-corrected chi connectivity index (χ3v) is 2.53. The van der Waals surface area contributed by atoms with Crippen molar-refractivity contribution in [1.82, 2.24) is 24.6 Å².